The fourth-order valence-corrected chi connectivity index (χ4v) is 8.56. The summed E-state index contributed by atoms with van der Waals surface area (Å²) in [6.45, 7) is -2.10. The summed E-state index contributed by atoms with van der Waals surface area (Å²) in [6.07, 6.45) is 0. The van der Waals surface area contributed by atoms with Gasteiger partial charge in [-0.15, -0.1) is 0 Å². The van der Waals surface area contributed by atoms with Crippen LogP contribution >= 0.6 is 0 Å². The number of hydrogen-bond acceptors (Lipinski definition) is 7. The van der Waals surface area contributed by atoms with Crippen molar-refractivity contribution in [2.24, 2.45) is 0 Å². The zero-order valence-corrected chi connectivity index (χ0v) is 30.2. The van der Waals surface area contributed by atoms with Crippen LogP contribution in [0.5, 0.6) is 5.75 Å². The highest BCUT2D eigenvalue weighted by Gasteiger charge is 2.32. The molecule has 0 unspecified atom stereocenters. The summed E-state index contributed by atoms with van der Waals surface area (Å²) in [7, 11) is -9.07. The third-order valence-electron chi connectivity index (χ3n) is 8.39. The minimum Gasteiger partial charge on any atom is -0.487 e. The molecule has 6 aromatic rings. The second-order valence-electron chi connectivity index (χ2n) is 12.0. The van der Waals surface area contributed by atoms with Crippen molar-refractivity contribution in [1.82, 2.24) is 0 Å². The van der Waals surface area contributed by atoms with Gasteiger partial charge >= 0.3 is 11.9 Å². The van der Waals surface area contributed by atoms with E-state index < -0.39 is 45.1 Å². The van der Waals surface area contributed by atoms with Gasteiger partial charge in [0.15, 0.2) is 0 Å². The second-order valence-corrected chi connectivity index (χ2v) is 15.7. The lowest BCUT2D eigenvalue weighted by Gasteiger charge is -2.28. The molecular formula is C41H34N2O9S2. The van der Waals surface area contributed by atoms with Crippen LogP contribution in [0.3, 0.4) is 0 Å². The molecule has 0 fully saturated rings. The Labute approximate surface area is 313 Å². The molecular weight excluding hydrogens is 729 g/mol. The van der Waals surface area contributed by atoms with Crippen LogP contribution in [0.2, 0.25) is 0 Å². The molecule has 0 aliphatic carbocycles. The first-order chi connectivity index (χ1) is 25.9. The molecule has 13 heteroatoms. The maximum absolute atomic E-state index is 14.2. The SMILES string of the molecule is O=C(O)CN(c1ccc(N(CC(=O)O)S(=O)(=O)c2ccc(-c3ccccc3)cc2)c(OCc2ccccc2)c1)S(=O)(=O)c1ccc(-c2ccccc2)cc1. The first-order valence-electron chi connectivity index (χ1n) is 16.5. The van der Waals surface area contributed by atoms with E-state index in [9.17, 15) is 36.6 Å². The Bertz CT molecular complexity index is 2460. The highest BCUT2D eigenvalue weighted by Crippen LogP contribution is 2.38. The first kappa shape index (κ1) is 37.3. The van der Waals surface area contributed by atoms with E-state index in [0.29, 0.717) is 14.2 Å². The Hall–Kier alpha value is -6.44. The van der Waals surface area contributed by atoms with Gasteiger partial charge in [0.05, 0.1) is 21.2 Å². The summed E-state index contributed by atoms with van der Waals surface area (Å²) in [4.78, 5) is 23.9. The predicted octanol–water partition coefficient (Wildman–Crippen LogP) is 7.16. The van der Waals surface area contributed by atoms with E-state index in [1.807, 2.05) is 60.7 Å². The second kappa shape index (κ2) is 16.1. The van der Waals surface area contributed by atoms with E-state index in [2.05, 4.69) is 0 Å². The van der Waals surface area contributed by atoms with Gasteiger partial charge in [0, 0.05) is 6.07 Å². The summed E-state index contributed by atoms with van der Waals surface area (Å²) >= 11 is 0. The third-order valence-corrected chi connectivity index (χ3v) is 12.0. The molecule has 0 atom stereocenters. The molecule has 0 aliphatic rings. The van der Waals surface area contributed by atoms with Crippen molar-refractivity contribution in [1.29, 1.82) is 0 Å². The Balaban J connectivity index is 1.43. The Morgan fingerprint density at radius 2 is 0.907 bits per heavy atom. The number of ether oxygens (including phenoxy) is 1. The molecule has 6 aromatic carbocycles. The molecule has 0 saturated carbocycles. The smallest absolute Gasteiger partial charge is 0.324 e. The van der Waals surface area contributed by atoms with Gasteiger partial charge < -0.3 is 14.9 Å². The highest BCUT2D eigenvalue weighted by molar-refractivity contribution is 7.93. The molecule has 0 amide bonds. The van der Waals surface area contributed by atoms with Gasteiger partial charge in [-0.25, -0.2) is 16.8 Å². The monoisotopic (exact) mass is 762 g/mol. The predicted molar refractivity (Wildman–Crippen MR) is 205 cm³/mol. The molecule has 0 heterocycles. The number of sulfonamides is 2. The number of carbonyl (C=O) groups is 2. The lowest BCUT2D eigenvalue weighted by atomic mass is 10.1. The van der Waals surface area contributed by atoms with E-state index >= 15 is 0 Å². The van der Waals surface area contributed by atoms with Crippen LogP contribution in [0.1, 0.15) is 5.56 Å². The molecule has 11 nitrogen and oxygen atoms in total. The van der Waals surface area contributed by atoms with Crippen molar-refractivity contribution >= 4 is 43.4 Å². The van der Waals surface area contributed by atoms with Crippen molar-refractivity contribution in [3.8, 4) is 28.0 Å². The van der Waals surface area contributed by atoms with Crippen LogP contribution in [0.25, 0.3) is 22.3 Å². The van der Waals surface area contributed by atoms with Gasteiger partial charge in [-0.1, -0.05) is 115 Å². The van der Waals surface area contributed by atoms with Crippen molar-refractivity contribution < 1.29 is 41.4 Å². The number of nitrogens with zero attached hydrogens (tertiary/aromatic N) is 2. The largest absolute Gasteiger partial charge is 0.487 e. The van der Waals surface area contributed by atoms with Gasteiger partial charge in [-0.05, 0) is 64.2 Å². The summed E-state index contributed by atoms with van der Waals surface area (Å²) in [6, 6.07) is 42.9. The Kier molecular flexibility index (Phi) is 11.1. The molecule has 2 N–H and O–H groups in total. The fraction of sp³-hybridized carbons (Fsp3) is 0.0732. The standard InChI is InChI=1S/C41H34N2O9S2/c44-40(45)27-42(53(48,49)36-21-16-33(17-22-36)31-12-6-2-7-13-31)35-20-25-38(39(26-35)52-29-30-10-4-1-5-11-30)43(28-41(46)47)54(50,51)37-23-18-34(19-24-37)32-14-8-3-9-15-32/h1-26H,27-29H2,(H,44,45)(H,46,47). The van der Waals surface area contributed by atoms with Crippen molar-refractivity contribution in [2.45, 2.75) is 16.4 Å². The average molecular weight is 763 g/mol. The zero-order valence-electron chi connectivity index (χ0n) is 28.6. The van der Waals surface area contributed by atoms with Crippen molar-refractivity contribution in [2.75, 3.05) is 21.7 Å². The molecule has 54 heavy (non-hydrogen) atoms. The van der Waals surface area contributed by atoms with Crippen LogP contribution in [0, 0.1) is 0 Å². The van der Waals surface area contributed by atoms with Crippen molar-refractivity contribution in [3.63, 3.8) is 0 Å². The van der Waals surface area contributed by atoms with Gasteiger partial charge in [-0.2, -0.15) is 0 Å². The maximum atomic E-state index is 14.2. The minimum atomic E-state index is -4.56. The fourth-order valence-electron chi connectivity index (χ4n) is 5.73. The van der Waals surface area contributed by atoms with E-state index in [0.717, 1.165) is 22.3 Å². The molecule has 0 spiro atoms. The summed E-state index contributed by atoms with van der Waals surface area (Å²) in [5.41, 5.74) is 3.50. The van der Waals surface area contributed by atoms with Gasteiger partial charge in [0.1, 0.15) is 25.4 Å². The molecule has 0 aromatic heterocycles. The first-order valence-corrected chi connectivity index (χ1v) is 19.4. The Morgan fingerprint density at radius 1 is 0.500 bits per heavy atom. The van der Waals surface area contributed by atoms with Crippen LogP contribution in [-0.4, -0.2) is 52.1 Å². The number of hydrogen-bond donors (Lipinski definition) is 2. The lowest BCUT2D eigenvalue weighted by Crippen LogP contribution is -2.37. The molecule has 0 radical (unpaired) electrons. The zero-order chi connectivity index (χ0) is 38.3. The van der Waals surface area contributed by atoms with E-state index in [1.54, 1.807) is 54.6 Å². The average Bonchev–Trinajstić information content (AvgIpc) is 3.19. The van der Waals surface area contributed by atoms with Gasteiger partial charge in [0.2, 0.25) is 0 Å². The molecule has 274 valence electrons. The third kappa shape index (κ3) is 8.44. The van der Waals surface area contributed by atoms with Crippen molar-refractivity contribution in [3.05, 3.63) is 163 Å². The number of anilines is 2. The lowest BCUT2D eigenvalue weighted by molar-refractivity contribution is -0.136. The molecule has 0 bridgehead atoms. The number of aliphatic carboxylic acids is 2. The topological polar surface area (TPSA) is 159 Å². The summed E-state index contributed by atoms with van der Waals surface area (Å²) < 4.78 is 64.0. The van der Waals surface area contributed by atoms with Crippen LogP contribution in [-0.2, 0) is 36.2 Å². The van der Waals surface area contributed by atoms with Crippen LogP contribution < -0.4 is 13.3 Å². The molecule has 6 rings (SSSR count). The van der Waals surface area contributed by atoms with E-state index in [4.69, 9.17) is 4.74 Å². The van der Waals surface area contributed by atoms with Gasteiger partial charge in [-0.3, -0.25) is 18.2 Å². The maximum Gasteiger partial charge on any atom is 0.324 e. The number of carboxylic acid groups (broad SMARTS) is 2. The molecule has 0 aliphatic heterocycles. The highest BCUT2D eigenvalue weighted by atomic mass is 32.2. The normalized spacial score (nSPS) is 11.4. The van der Waals surface area contributed by atoms with Crippen LogP contribution in [0.4, 0.5) is 11.4 Å². The number of benzene rings is 6. The van der Waals surface area contributed by atoms with Crippen LogP contribution in [0.15, 0.2) is 168 Å². The van der Waals surface area contributed by atoms with E-state index in [-0.39, 0.29) is 33.5 Å². The number of carboxylic acids is 2. The molecule has 0 saturated heterocycles. The minimum absolute atomic E-state index is 0.114. The van der Waals surface area contributed by atoms with Gasteiger partial charge in [0.25, 0.3) is 20.0 Å². The Morgan fingerprint density at radius 3 is 1.37 bits per heavy atom. The quantitative estimate of drug-likeness (QED) is 0.111. The summed E-state index contributed by atoms with van der Waals surface area (Å²) in [5.74, 6) is -3.12. The van der Waals surface area contributed by atoms with E-state index in [1.165, 1.54) is 42.5 Å². The number of rotatable bonds is 15. The summed E-state index contributed by atoms with van der Waals surface area (Å²) in [5, 5.41) is 19.8.